The third-order valence-corrected chi connectivity index (χ3v) is 5.44. The van der Waals surface area contributed by atoms with E-state index in [4.69, 9.17) is 14.2 Å². The van der Waals surface area contributed by atoms with E-state index in [9.17, 15) is 4.79 Å². The lowest BCUT2D eigenvalue weighted by molar-refractivity contribution is -0.139. The number of hydrogen-bond acceptors (Lipinski definition) is 7. The number of nitrogens with zero attached hydrogens (tertiary/aromatic N) is 3. The van der Waals surface area contributed by atoms with E-state index in [1.807, 2.05) is 43.3 Å². The molecular formula is C24H26N4O4. The Morgan fingerprint density at radius 1 is 1.16 bits per heavy atom. The van der Waals surface area contributed by atoms with Gasteiger partial charge in [0.1, 0.15) is 19.0 Å². The van der Waals surface area contributed by atoms with Crippen LogP contribution in [-0.2, 0) is 16.1 Å². The Hall–Kier alpha value is -3.81. The Balaban J connectivity index is 1.69. The van der Waals surface area contributed by atoms with Crippen molar-refractivity contribution in [3.63, 3.8) is 0 Å². The van der Waals surface area contributed by atoms with Crippen molar-refractivity contribution in [1.82, 2.24) is 14.8 Å². The number of esters is 1. The standard InChI is InChI=1S/C24H26N4O4/c1-5-31-23(29)21-16(3)27-24-25-14-26-28(24)22(21)17-10-11-19(20(12-17)30-4)32-13-18-9-7-6-8-15(18)2/h6-12,14,22H,5,13H2,1-4H3,(H,25,26,27). The van der Waals surface area contributed by atoms with E-state index in [2.05, 4.69) is 28.4 Å². The Labute approximate surface area is 186 Å². The first kappa shape index (κ1) is 21.4. The lowest BCUT2D eigenvalue weighted by Gasteiger charge is -2.28. The molecule has 2 aromatic carbocycles. The summed E-state index contributed by atoms with van der Waals surface area (Å²) < 4.78 is 18.7. The molecule has 2 heterocycles. The quantitative estimate of drug-likeness (QED) is 0.562. The highest BCUT2D eigenvalue weighted by Crippen LogP contribution is 2.39. The normalized spacial score (nSPS) is 15.1. The van der Waals surface area contributed by atoms with Crippen LogP contribution in [-0.4, -0.2) is 34.5 Å². The molecule has 0 saturated heterocycles. The van der Waals surface area contributed by atoms with Gasteiger partial charge in [0.05, 0.1) is 19.3 Å². The molecule has 166 valence electrons. The van der Waals surface area contributed by atoms with Gasteiger partial charge in [0, 0.05) is 5.70 Å². The number of anilines is 1. The molecule has 1 aromatic heterocycles. The van der Waals surface area contributed by atoms with Crippen LogP contribution in [0.2, 0.25) is 0 Å². The maximum absolute atomic E-state index is 12.8. The fraction of sp³-hybridized carbons (Fsp3) is 0.292. The molecule has 1 atom stereocenters. The third-order valence-electron chi connectivity index (χ3n) is 5.44. The van der Waals surface area contributed by atoms with Crippen LogP contribution in [0.25, 0.3) is 0 Å². The number of rotatable bonds is 7. The molecule has 1 aliphatic heterocycles. The number of hydrogen-bond donors (Lipinski definition) is 1. The second-order valence-electron chi connectivity index (χ2n) is 7.44. The van der Waals surface area contributed by atoms with Gasteiger partial charge in [-0.05, 0) is 49.6 Å². The predicted octanol–water partition coefficient (Wildman–Crippen LogP) is 4.03. The molecule has 0 fully saturated rings. The Morgan fingerprint density at radius 3 is 2.72 bits per heavy atom. The van der Waals surface area contributed by atoms with Crippen molar-refractivity contribution in [3.8, 4) is 11.5 Å². The van der Waals surface area contributed by atoms with Gasteiger partial charge in [0.25, 0.3) is 0 Å². The summed E-state index contributed by atoms with van der Waals surface area (Å²) in [7, 11) is 1.59. The number of nitrogens with one attached hydrogen (secondary N) is 1. The van der Waals surface area contributed by atoms with Crippen molar-refractivity contribution in [2.24, 2.45) is 0 Å². The lowest BCUT2D eigenvalue weighted by atomic mass is 9.95. The summed E-state index contributed by atoms with van der Waals surface area (Å²) in [6, 6.07) is 13.2. The number of aryl methyl sites for hydroxylation is 1. The van der Waals surface area contributed by atoms with Gasteiger partial charge in [-0.2, -0.15) is 10.1 Å². The molecule has 8 heteroatoms. The molecule has 0 bridgehead atoms. The number of fused-ring (bicyclic) bond motifs is 1. The number of methoxy groups -OCH3 is 1. The molecule has 0 saturated carbocycles. The first-order valence-corrected chi connectivity index (χ1v) is 10.4. The smallest absolute Gasteiger partial charge is 0.338 e. The minimum absolute atomic E-state index is 0.279. The molecule has 1 unspecified atom stereocenters. The largest absolute Gasteiger partial charge is 0.493 e. The van der Waals surface area contributed by atoms with Gasteiger partial charge in [-0.1, -0.05) is 30.3 Å². The topological polar surface area (TPSA) is 87.5 Å². The number of benzene rings is 2. The zero-order valence-corrected chi connectivity index (χ0v) is 18.6. The maximum Gasteiger partial charge on any atom is 0.338 e. The highest BCUT2D eigenvalue weighted by Gasteiger charge is 2.34. The summed E-state index contributed by atoms with van der Waals surface area (Å²) in [4.78, 5) is 17.1. The van der Waals surface area contributed by atoms with E-state index < -0.39 is 12.0 Å². The van der Waals surface area contributed by atoms with Crippen LogP contribution in [0.4, 0.5) is 5.95 Å². The molecule has 32 heavy (non-hydrogen) atoms. The van der Waals surface area contributed by atoms with Gasteiger partial charge in [-0.3, -0.25) is 0 Å². The maximum atomic E-state index is 12.8. The van der Waals surface area contributed by atoms with Crippen molar-refractivity contribution < 1.29 is 19.0 Å². The van der Waals surface area contributed by atoms with Gasteiger partial charge >= 0.3 is 5.97 Å². The number of carbonyl (C=O) groups is 1. The summed E-state index contributed by atoms with van der Waals surface area (Å²) in [5, 5.41) is 7.46. The molecule has 4 rings (SSSR count). The zero-order chi connectivity index (χ0) is 22.7. The van der Waals surface area contributed by atoms with E-state index in [-0.39, 0.29) is 6.61 Å². The van der Waals surface area contributed by atoms with Gasteiger partial charge in [-0.25, -0.2) is 9.48 Å². The van der Waals surface area contributed by atoms with E-state index >= 15 is 0 Å². The van der Waals surface area contributed by atoms with Crippen LogP contribution in [0.1, 0.15) is 36.6 Å². The van der Waals surface area contributed by atoms with Crippen LogP contribution in [0.5, 0.6) is 11.5 Å². The molecule has 3 aromatic rings. The van der Waals surface area contributed by atoms with Crippen molar-refractivity contribution in [2.75, 3.05) is 19.0 Å². The molecule has 0 amide bonds. The fourth-order valence-electron chi connectivity index (χ4n) is 3.77. The first-order valence-electron chi connectivity index (χ1n) is 10.4. The molecule has 0 spiro atoms. The van der Waals surface area contributed by atoms with Crippen LogP contribution >= 0.6 is 0 Å². The molecule has 0 radical (unpaired) electrons. The molecule has 1 N–H and O–H groups in total. The van der Waals surface area contributed by atoms with Crippen LogP contribution in [0.3, 0.4) is 0 Å². The van der Waals surface area contributed by atoms with Gasteiger partial charge in [-0.15, -0.1) is 0 Å². The molecular weight excluding hydrogens is 408 g/mol. The van der Waals surface area contributed by atoms with E-state index in [0.717, 1.165) is 16.7 Å². The predicted molar refractivity (Wildman–Crippen MR) is 120 cm³/mol. The Bertz CT molecular complexity index is 1170. The number of carbonyl (C=O) groups excluding carboxylic acids is 1. The van der Waals surface area contributed by atoms with Crippen LogP contribution in [0, 0.1) is 6.92 Å². The summed E-state index contributed by atoms with van der Waals surface area (Å²) in [6.07, 6.45) is 1.45. The van der Waals surface area contributed by atoms with Gasteiger partial charge in [0.2, 0.25) is 5.95 Å². The average Bonchev–Trinajstić information content (AvgIpc) is 3.25. The van der Waals surface area contributed by atoms with Crippen molar-refractivity contribution in [3.05, 3.63) is 76.8 Å². The van der Waals surface area contributed by atoms with Crippen molar-refractivity contribution in [2.45, 2.75) is 33.4 Å². The Morgan fingerprint density at radius 2 is 1.97 bits per heavy atom. The summed E-state index contributed by atoms with van der Waals surface area (Å²) >= 11 is 0. The van der Waals surface area contributed by atoms with Crippen molar-refractivity contribution >= 4 is 11.9 Å². The van der Waals surface area contributed by atoms with Gasteiger partial charge in [0.15, 0.2) is 11.5 Å². The minimum Gasteiger partial charge on any atom is -0.493 e. The molecule has 8 nitrogen and oxygen atoms in total. The van der Waals surface area contributed by atoms with E-state index in [1.165, 1.54) is 6.33 Å². The third kappa shape index (κ3) is 4.03. The lowest BCUT2D eigenvalue weighted by Crippen LogP contribution is -2.29. The SMILES string of the molecule is CCOC(=O)C1=C(C)Nc2ncnn2C1c1ccc(OCc2ccccc2C)c(OC)c1. The summed E-state index contributed by atoms with van der Waals surface area (Å²) in [6.45, 7) is 6.37. The number of allylic oxidation sites excluding steroid dienone is 1. The molecule has 0 aliphatic carbocycles. The minimum atomic E-state index is -0.507. The average molecular weight is 434 g/mol. The monoisotopic (exact) mass is 434 g/mol. The van der Waals surface area contributed by atoms with Crippen LogP contribution < -0.4 is 14.8 Å². The highest BCUT2D eigenvalue weighted by molar-refractivity contribution is 5.92. The number of aromatic nitrogens is 3. The zero-order valence-electron chi connectivity index (χ0n) is 18.6. The second kappa shape index (κ2) is 9.13. The van der Waals surface area contributed by atoms with Crippen molar-refractivity contribution in [1.29, 1.82) is 0 Å². The highest BCUT2D eigenvalue weighted by atomic mass is 16.5. The second-order valence-corrected chi connectivity index (χ2v) is 7.44. The van der Waals surface area contributed by atoms with E-state index in [1.54, 1.807) is 18.7 Å². The van der Waals surface area contributed by atoms with E-state index in [0.29, 0.717) is 35.3 Å². The fourth-order valence-corrected chi connectivity index (χ4v) is 3.77. The van der Waals surface area contributed by atoms with Gasteiger partial charge < -0.3 is 19.5 Å². The molecule has 1 aliphatic rings. The van der Waals surface area contributed by atoms with Crippen LogP contribution in [0.15, 0.2) is 60.1 Å². The first-order chi connectivity index (χ1) is 15.5. The summed E-state index contributed by atoms with van der Waals surface area (Å²) in [5.74, 6) is 1.34. The summed E-state index contributed by atoms with van der Waals surface area (Å²) in [5.41, 5.74) is 4.22. The Kier molecular flexibility index (Phi) is 6.11. The number of ether oxygens (including phenoxy) is 3.